The van der Waals surface area contributed by atoms with Crippen molar-refractivity contribution in [2.24, 2.45) is 0 Å². The third kappa shape index (κ3) is 3.41. The van der Waals surface area contributed by atoms with Crippen LogP contribution in [-0.2, 0) is 6.18 Å². The van der Waals surface area contributed by atoms with Crippen molar-refractivity contribution >= 4 is 11.6 Å². The second-order valence-corrected chi connectivity index (χ2v) is 5.39. The third-order valence-corrected chi connectivity index (χ3v) is 3.66. The van der Waals surface area contributed by atoms with Crippen LogP contribution < -0.4 is 5.32 Å². The van der Waals surface area contributed by atoms with Crippen LogP contribution >= 0.6 is 0 Å². The summed E-state index contributed by atoms with van der Waals surface area (Å²) in [5.41, 5.74) is -1.32. The number of hydrogen-bond donors (Lipinski definition) is 1. The average molecular weight is 364 g/mol. The normalized spacial score (nSPS) is 11.4. The highest BCUT2D eigenvalue weighted by Gasteiger charge is 2.34. The van der Waals surface area contributed by atoms with Crippen molar-refractivity contribution in [1.29, 1.82) is 0 Å². The van der Waals surface area contributed by atoms with Crippen LogP contribution in [-0.4, -0.2) is 20.7 Å². The number of pyridine rings is 1. The number of halogens is 4. The van der Waals surface area contributed by atoms with Gasteiger partial charge in [-0.05, 0) is 37.3 Å². The van der Waals surface area contributed by atoms with E-state index in [0.717, 1.165) is 12.1 Å². The summed E-state index contributed by atoms with van der Waals surface area (Å²) in [6.45, 7) is 1.59. The standard InChI is InChI=1S/C17H12F4N4O/c1-10-12(9-23-25(10)15-4-2-3-7-22-15)16(26)24-14-6-5-11(18)8-13(14)17(19,20)21/h2-9H,1H3,(H,24,26). The van der Waals surface area contributed by atoms with Crippen LogP contribution in [0, 0.1) is 12.7 Å². The molecule has 2 heterocycles. The molecule has 0 unspecified atom stereocenters. The molecule has 0 saturated carbocycles. The van der Waals surface area contributed by atoms with E-state index in [4.69, 9.17) is 0 Å². The molecule has 1 N–H and O–H groups in total. The van der Waals surface area contributed by atoms with Gasteiger partial charge in [0, 0.05) is 6.20 Å². The summed E-state index contributed by atoms with van der Waals surface area (Å²) in [5, 5.41) is 6.21. The number of nitrogens with zero attached hydrogens (tertiary/aromatic N) is 3. The number of alkyl halides is 3. The van der Waals surface area contributed by atoms with Gasteiger partial charge in [0.05, 0.1) is 28.7 Å². The summed E-state index contributed by atoms with van der Waals surface area (Å²) in [6.07, 6.45) is -2.03. The van der Waals surface area contributed by atoms with Gasteiger partial charge in [0.2, 0.25) is 0 Å². The molecule has 0 aliphatic carbocycles. The van der Waals surface area contributed by atoms with Gasteiger partial charge >= 0.3 is 6.18 Å². The Kier molecular flexibility index (Phi) is 4.45. The Balaban J connectivity index is 1.92. The molecular formula is C17H12F4N4O. The van der Waals surface area contributed by atoms with Crippen LogP contribution in [0.25, 0.3) is 5.82 Å². The highest BCUT2D eigenvalue weighted by Crippen LogP contribution is 2.35. The number of anilines is 1. The zero-order valence-corrected chi connectivity index (χ0v) is 13.4. The first-order chi connectivity index (χ1) is 12.3. The molecular weight excluding hydrogens is 352 g/mol. The maximum absolute atomic E-state index is 13.2. The van der Waals surface area contributed by atoms with Crippen LogP contribution in [0.4, 0.5) is 23.2 Å². The number of carbonyl (C=O) groups is 1. The Bertz CT molecular complexity index is 951. The number of carbonyl (C=O) groups excluding carboxylic acids is 1. The second kappa shape index (κ2) is 6.58. The summed E-state index contributed by atoms with van der Waals surface area (Å²) in [7, 11) is 0. The smallest absolute Gasteiger partial charge is 0.321 e. The summed E-state index contributed by atoms with van der Waals surface area (Å²) >= 11 is 0. The fourth-order valence-corrected chi connectivity index (χ4v) is 2.39. The minimum Gasteiger partial charge on any atom is -0.321 e. The van der Waals surface area contributed by atoms with E-state index in [1.807, 2.05) is 0 Å². The van der Waals surface area contributed by atoms with Gasteiger partial charge in [-0.25, -0.2) is 14.1 Å². The molecule has 0 fully saturated rings. The molecule has 3 aromatic rings. The molecule has 2 aromatic heterocycles. The van der Waals surface area contributed by atoms with Crippen LogP contribution in [0.3, 0.4) is 0 Å². The molecule has 1 amide bonds. The van der Waals surface area contributed by atoms with Crippen LogP contribution in [0.5, 0.6) is 0 Å². The molecule has 1 aromatic carbocycles. The first-order valence-corrected chi connectivity index (χ1v) is 7.41. The monoisotopic (exact) mass is 364 g/mol. The molecule has 0 radical (unpaired) electrons. The maximum Gasteiger partial charge on any atom is 0.418 e. The number of amides is 1. The van der Waals surface area contributed by atoms with Crippen molar-refractivity contribution < 1.29 is 22.4 Å². The van der Waals surface area contributed by atoms with Crippen molar-refractivity contribution in [1.82, 2.24) is 14.8 Å². The van der Waals surface area contributed by atoms with E-state index in [1.165, 1.54) is 10.9 Å². The SMILES string of the molecule is Cc1c(C(=O)Nc2ccc(F)cc2C(F)(F)F)cnn1-c1ccccn1. The molecule has 9 heteroatoms. The summed E-state index contributed by atoms with van der Waals surface area (Å²) in [4.78, 5) is 16.5. The largest absolute Gasteiger partial charge is 0.418 e. The third-order valence-electron chi connectivity index (χ3n) is 3.66. The molecule has 5 nitrogen and oxygen atoms in total. The van der Waals surface area contributed by atoms with Gasteiger partial charge in [-0.3, -0.25) is 4.79 Å². The molecule has 0 atom stereocenters. The fraction of sp³-hybridized carbons (Fsp3) is 0.118. The summed E-state index contributed by atoms with van der Waals surface area (Å²) in [5.74, 6) is -1.38. The number of aromatic nitrogens is 3. The van der Waals surface area contributed by atoms with Gasteiger partial charge in [-0.15, -0.1) is 0 Å². The first-order valence-electron chi connectivity index (χ1n) is 7.41. The second-order valence-electron chi connectivity index (χ2n) is 5.39. The molecule has 26 heavy (non-hydrogen) atoms. The lowest BCUT2D eigenvalue weighted by Crippen LogP contribution is -2.17. The summed E-state index contributed by atoms with van der Waals surface area (Å²) in [6, 6.07) is 7.16. The number of rotatable bonds is 3. The lowest BCUT2D eigenvalue weighted by atomic mass is 10.1. The maximum atomic E-state index is 13.2. The van der Waals surface area contributed by atoms with Gasteiger partial charge in [0.25, 0.3) is 5.91 Å². The van der Waals surface area contributed by atoms with Gasteiger partial charge in [-0.2, -0.15) is 18.3 Å². The fourth-order valence-electron chi connectivity index (χ4n) is 2.39. The van der Waals surface area contributed by atoms with Crippen molar-refractivity contribution in [3.63, 3.8) is 0 Å². The van der Waals surface area contributed by atoms with E-state index in [2.05, 4.69) is 15.4 Å². The highest BCUT2D eigenvalue weighted by molar-refractivity contribution is 6.05. The molecule has 134 valence electrons. The highest BCUT2D eigenvalue weighted by atomic mass is 19.4. The summed E-state index contributed by atoms with van der Waals surface area (Å²) < 4.78 is 53.7. The van der Waals surface area contributed by atoms with E-state index in [0.29, 0.717) is 17.6 Å². The number of nitrogens with one attached hydrogen (secondary N) is 1. The van der Waals surface area contributed by atoms with Crippen molar-refractivity contribution in [2.45, 2.75) is 13.1 Å². The van der Waals surface area contributed by atoms with Gasteiger partial charge in [0.15, 0.2) is 5.82 Å². The molecule has 0 bridgehead atoms. The first kappa shape index (κ1) is 17.6. The van der Waals surface area contributed by atoms with Crippen molar-refractivity contribution in [2.75, 3.05) is 5.32 Å². The Morgan fingerprint density at radius 2 is 1.96 bits per heavy atom. The van der Waals surface area contributed by atoms with Crippen LogP contribution in [0.1, 0.15) is 21.6 Å². The Morgan fingerprint density at radius 1 is 1.19 bits per heavy atom. The quantitative estimate of drug-likeness (QED) is 0.715. The average Bonchev–Trinajstić information content (AvgIpc) is 2.98. The van der Waals surface area contributed by atoms with E-state index >= 15 is 0 Å². The minimum atomic E-state index is -4.81. The lowest BCUT2D eigenvalue weighted by Gasteiger charge is -2.13. The molecule has 3 rings (SSSR count). The van der Waals surface area contributed by atoms with E-state index in [-0.39, 0.29) is 5.56 Å². The molecule has 0 spiro atoms. The Morgan fingerprint density at radius 3 is 2.62 bits per heavy atom. The van der Waals surface area contributed by atoms with Crippen LogP contribution in [0.15, 0.2) is 48.8 Å². The van der Waals surface area contributed by atoms with Crippen molar-refractivity contribution in [3.8, 4) is 5.82 Å². The molecule has 0 saturated heterocycles. The van der Waals surface area contributed by atoms with Gasteiger partial charge in [0.1, 0.15) is 5.82 Å². The van der Waals surface area contributed by atoms with Crippen LogP contribution in [0.2, 0.25) is 0 Å². The Labute approximate surface area is 145 Å². The topological polar surface area (TPSA) is 59.8 Å². The Hall–Kier alpha value is -3.23. The van der Waals surface area contributed by atoms with E-state index in [1.54, 1.807) is 31.3 Å². The van der Waals surface area contributed by atoms with Crippen molar-refractivity contribution in [3.05, 3.63) is 71.4 Å². The zero-order chi connectivity index (χ0) is 18.9. The van der Waals surface area contributed by atoms with Gasteiger partial charge < -0.3 is 5.32 Å². The number of hydrogen-bond acceptors (Lipinski definition) is 3. The molecule has 0 aliphatic rings. The minimum absolute atomic E-state index is 0.0769. The van der Waals surface area contributed by atoms with E-state index in [9.17, 15) is 22.4 Å². The number of benzene rings is 1. The van der Waals surface area contributed by atoms with E-state index < -0.39 is 29.2 Å². The predicted molar refractivity (Wildman–Crippen MR) is 85.5 cm³/mol. The zero-order valence-electron chi connectivity index (χ0n) is 13.4. The molecule has 0 aliphatic heterocycles. The van der Waals surface area contributed by atoms with Gasteiger partial charge in [-0.1, -0.05) is 6.07 Å². The lowest BCUT2D eigenvalue weighted by molar-refractivity contribution is -0.137. The predicted octanol–water partition coefficient (Wildman–Crippen LogP) is 3.99.